The van der Waals surface area contributed by atoms with Crippen LogP contribution in [0.2, 0.25) is 0 Å². The second-order valence-corrected chi connectivity index (χ2v) is 8.93. The molecule has 7 heteroatoms. The molecule has 0 bridgehead atoms. The number of ether oxygens (including phenoxy) is 1. The molecule has 1 saturated carbocycles. The number of benzene rings is 3. The van der Waals surface area contributed by atoms with E-state index < -0.39 is 11.6 Å². The van der Waals surface area contributed by atoms with Crippen molar-refractivity contribution in [1.82, 2.24) is 24.5 Å². The number of imidazole rings is 1. The van der Waals surface area contributed by atoms with E-state index in [-0.39, 0.29) is 6.61 Å². The molecule has 178 valence electrons. The zero-order chi connectivity index (χ0) is 24.4. The summed E-state index contributed by atoms with van der Waals surface area (Å²) in [6.45, 7) is 0.0390. The third-order valence-electron chi connectivity index (χ3n) is 6.60. The van der Waals surface area contributed by atoms with Crippen molar-refractivity contribution in [3.63, 3.8) is 0 Å². The minimum atomic E-state index is -0.806. The maximum Gasteiger partial charge on any atom is 0.419 e. The van der Waals surface area contributed by atoms with Crippen molar-refractivity contribution in [2.24, 2.45) is 0 Å². The molecule has 1 fully saturated rings. The number of rotatable bonds is 7. The molecular weight excluding hydrogens is 450 g/mol. The van der Waals surface area contributed by atoms with Gasteiger partial charge < -0.3 is 4.74 Å². The van der Waals surface area contributed by atoms with Gasteiger partial charge in [0, 0.05) is 18.3 Å². The smallest absolute Gasteiger partial charge is 0.419 e. The number of hydrogen-bond donors (Lipinski definition) is 0. The SMILES string of the molecule is O=C(OCc1nn(C(c2ccccc2)(c2ccccc2)c2ccccc2)nc1C1CC1)n1ccnc1. The first kappa shape index (κ1) is 22.0. The Bertz CT molecular complexity index is 1350. The molecule has 36 heavy (non-hydrogen) atoms. The number of nitrogens with zero attached hydrogens (tertiary/aromatic N) is 5. The minimum absolute atomic E-state index is 0.0390. The van der Waals surface area contributed by atoms with Crippen LogP contribution in [0.15, 0.2) is 110 Å². The molecule has 5 aromatic rings. The van der Waals surface area contributed by atoms with Gasteiger partial charge in [-0.05, 0) is 29.5 Å². The largest absolute Gasteiger partial charge is 0.442 e. The second-order valence-electron chi connectivity index (χ2n) is 8.93. The highest BCUT2D eigenvalue weighted by atomic mass is 16.5. The molecule has 0 N–H and O–H groups in total. The quantitative estimate of drug-likeness (QED) is 0.296. The third-order valence-corrected chi connectivity index (χ3v) is 6.60. The molecule has 1 aliphatic carbocycles. The Labute approximate surface area is 209 Å². The average Bonchev–Trinajstić information content (AvgIpc) is 3.45. The van der Waals surface area contributed by atoms with Crippen molar-refractivity contribution in [2.45, 2.75) is 30.9 Å². The van der Waals surface area contributed by atoms with Crippen LogP contribution < -0.4 is 0 Å². The van der Waals surface area contributed by atoms with Crippen LogP contribution in [0.4, 0.5) is 4.79 Å². The van der Waals surface area contributed by atoms with E-state index in [2.05, 4.69) is 41.4 Å². The summed E-state index contributed by atoms with van der Waals surface area (Å²) in [5.41, 5.74) is 3.89. The van der Waals surface area contributed by atoms with Gasteiger partial charge in [-0.2, -0.15) is 15.0 Å². The van der Waals surface area contributed by atoms with Crippen molar-refractivity contribution in [1.29, 1.82) is 0 Å². The minimum Gasteiger partial charge on any atom is -0.442 e. The predicted octanol–water partition coefficient (Wildman–Crippen LogP) is 5.38. The number of carbonyl (C=O) groups excluding carboxylic acids is 1. The molecule has 0 spiro atoms. The van der Waals surface area contributed by atoms with Gasteiger partial charge in [-0.3, -0.25) is 0 Å². The number of hydrogen-bond acceptors (Lipinski definition) is 5. The van der Waals surface area contributed by atoms with Crippen molar-refractivity contribution in [3.05, 3.63) is 138 Å². The topological polar surface area (TPSA) is 74.8 Å². The molecule has 0 aliphatic heterocycles. The van der Waals surface area contributed by atoms with Crippen LogP contribution in [0.5, 0.6) is 0 Å². The molecule has 1 aliphatic rings. The predicted molar refractivity (Wildman–Crippen MR) is 134 cm³/mol. The summed E-state index contributed by atoms with van der Waals surface area (Å²) in [5.74, 6) is 0.320. The van der Waals surface area contributed by atoms with Gasteiger partial charge in [0.05, 0.1) is 5.69 Å². The molecule has 2 heterocycles. The van der Waals surface area contributed by atoms with E-state index in [9.17, 15) is 4.79 Å². The molecule has 0 saturated heterocycles. The average molecular weight is 476 g/mol. The van der Waals surface area contributed by atoms with E-state index in [1.807, 2.05) is 59.4 Å². The summed E-state index contributed by atoms with van der Waals surface area (Å²) in [4.78, 5) is 18.2. The first-order chi connectivity index (χ1) is 17.8. The summed E-state index contributed by atoms with van der Waals surface area (Å²) in [7, 11) is 0. The van der Waals surface area contributed by atoms with Crippen LogP contribution in [-0.2, 0) is 16.9 Å². The second kappa shape index (κ2) is 9.26. The van der Waals surface area contributed by atoms with E-state index >= 15 is 0 Å². The Balaban J connectivity index is 1.52. The summed E-state index contributed by atoms with van der Waals surface area (Å²) < 4.78 is 6.91. The van der Waals surface area contributed by atoms with Gasteiger partial charge >= 0.3 is 6.09 Å². The fourth-order valence-electron chi connectivity index (χ4n) is 4.73. The summed E-state index contributed by atoms with van der Waals surface area (Å²) in [5, 5.41) is 10.1. The lowest BCUT2D eigenvalue weighted by Crippen LogP contribution is -2.39. The van der Waals surface area contributed by atoms with Gasteiger partial charge in [0.2, 0.25) is 0 Å². The Morgan fingerprint density at radius 1 is 0.833 bits per heavy atom. The van der Waals surface area contributed by atoms with Crippen LogP contribution in [0.1, 0.15) is 46.8 Å². The number of carbonyl (C=O) groups is 1. The molecule has 2 aromatic heterocycles. The summed E-state index contributed by atoms with van der Waals surface area (Å²) >= 11 is 0. The molecule has 6 rings (SSSR count). The zero-order valence-corrected chi connectivity index (χ0v) is 19.6. The third kappa shape index (κ3) is 3.88. The summed E-state index contributed by atoms with van der Waals surface area (Å²) in [6.07, 6.45) is 6.13. The maximum absolute atomic E-state index is 12.5. The van der Waals surface area contributed by atoms with Crippen molar-refractivity contribution in [3.8, 4) is 0 Å². The Morgan fingerprint density at radius 2 is 1.39 bits per heavy atom. The Morgan fingerprint density at radius 3 is 1.86 bits per heavy atom. The van der Waals surface area contributed by atoms with Crippen LogP contribution in [0.25, 0.3) is 0 Å². The molecular formula is C29H25N5O2. The lowest BCUT2D eigenvalue weighted by atomic mass is 9.77. The lowest BCUT2D eigenvalue weighted by Gasteiger charge is -2.34. The lowest BCUT2D eigenvalue weighted by molar-refractivity contribution is 0.139. The van der Waals surface area contributed by atoms with Gasteiger partial charge in [-0.25, -0.2) is 14.3 Å². The molecule has 3 aromatic carbocycles. The van der Waals surface area contributed by atoms with Gasteiger partial charge in [0.25, 0.3) is 0 Å². The van der Waals surface area contributed by atoms with Crippen LogP contribution in [0, 0.1) is 0 Å². The van der Waals surface area contributed by atoms with Gasteiger partial charge in [0.15, 0.2) is 5.54 Å². The normalized spacial score (nSPS) is 13.4. The van der Waals surface area contributed by atoms with Crippen LogP contribution in [0.3, 0.4) is 0 Å². The van der Waals surface area contributed by atoms with Crippen LogP contribution in [-0.4, -0.2) is 30.6 Å². The van der Waals surface area contributed by atoms with Gasteiger partial charge in [-0.1, -0.05) is 91.0 Å². The Kier molecular flexibility index (Phi) is 5.65. The molecule has 0 radical (unpaired) electrons. The van der Waals surface area contributed by atoms with Gasteiger partial charge in [0.1, 0.15) is 18.6 Å². The highest BCUT2D eigenvalue weighted by molar-refractivity contribution is 5.70. The highest BCUT2D eigenvalue weighted by Crippen LogP contribution is 2.44. The zero-order valence-electron chi connectivity index (χ0n) is 19.6. The monoisotopic (exact) mass is 475 g/mol. The first-order valence-corrected chi connectivity index (χ1v) is 12.0. The fourth-order valence-corrected chi connectivity index (χ4v) is 4.73. The van der Waals surface area contributed by atoms with E-state index in [1.54, 1.807) is 12.4 Å². The summed E-state index contributed by atoms with van der Waals surface area (Å²) in [6, 6.07) is 30.9. The Hall–Kier alpha value is -4.52. The van der Waals surface area contributed by atoms with Crippen LogP contribution >= 0.6 is 0 Å². The van der Waals surface area contributed by atoms with Crippen molar-refractivity contribution in [2.75, 3.05) is 0 Å². The van der Waals surface area contributed by atoms with E-state index in [0.717, 1.165) is 35.2 Å². The molecule has 0 unspecified atom stereocenters. The van der Waals surface area contributed by atoms with E-state index in [1.165, 1.54) is 10.9 Å². The molecule has 0 atom stereocenters. The van der Waals surface area contributed by atoms with E-state index in [4.69, 9.17) is 14.9 Å². The maximum atomic E-state index is 12.5. The first-order valence-electron chi connectivity index (χ1n) is 12.0. The van der Waals surface area contributed by atoms with Crippen molar-refractivity contribution >= 4 is 6.09 Å². The fraction of sp³-hybridized carbons (Fsp3) is 0.172. The molecule has 7 nitrogen and oxygen atoms in total. The van der Waals surface area contributed by atoms with E-state index in [0.29, 0.717) is 11.6 Å². The van der Waals surface area contributed by atoms with Crippen molar-refractivity contribution < 1.29 is 9.53 Å². The van der Waals surface area contributed by atoms with Gasteiger partial charge in [-0.15, -0.1) is 0 Å². The highest BCUT2D eigenvalue weighted by Gasteiger charge is 2.42. The molecule has 0 amide bonds. The number of aromatic nitrogens is 5. The standard InChI is InChI=1S/C29H25N5O2/c35-28(33-19-18-30-21-33)36-20-26-27(22-16-17-22)32-34(31-26)29(23-10-4-1-5-11-23,24-12-6-2-7-13-24)25-14-8-3-9-15-25/h1-15,18-19,21-22H,16-17,20H2.